The van der Waals surface area contributed by atoms with Gasteiger partial charge in [0, 0.05) is 6.20 Å². The van der Waals surface area contributed by atoms with Crippen LogP contribution in [0.25, 0.3) is 0 Å². The average molecular weight is 169 g/mol. The summed E-state index contributed by atoms with van der Waals surface area (Å²) in [6.07, 6.45) is 1.15. The third-order valence-corrected chi connectivity index (χ3v) is 1.23. The summed E-state index contributed by atoms with van der Waals surface area (Å²) in [7, 11) is 0. The Labute approximate surface area is 66.7 Å². The van der Waals surface area contributed by atoms with Crippen molar-refractivity contribution < 1.29 is 19.1 Å². The zero-order valence-electron chi connectivity index (χ0n) is 5.82. The second kappa shape index (κ2) is 3.08. The molecule has 1 aromatic heterocycles. The first kappa shape index (κ1) is 8.32. The van der Waals surface area contributed by atoms with Crippen LogP contribution in [0.2, 0.25) is 0 Å². The lowest BCUT2D eigenvalue weighted by molar-refractivity contribution is 0.0695. The maximum Gasteiger partial charge on any atom is 0.337 e. The summed E-state index contributed by atoms with van der Waals surface area (Å²) in [6.45, 7) is 0. The number of aromatic carboxylic acids is 1. The predicted octanol–water partition coefficient (Wildman–Crippen LogP) is 0.731. The van der Waals surface area contributed by atoms with Crippen LogP contribution in [-0.4, -0.2) is 22.3 Å². The molecule has 62 valence electrons. The highest BCUT2D eigenvalue weighted by atomic mass is 19.1. The van der Waals surface area contributed by atoms with E-state index >= 15 is 0 Å². The molecule has 0 spiro atoms. The molecule has 5 heteroatoms. The number of aromatic nitrogens is 1. The number of pyridine rings is 1. The summed E-state index contributed by atoms with van der Waals surface area (Å²) in [5.41, 5.74) is -0.668. The van der Waals surface area contributed by atoms with Crippen molar-refractivity contribution in [3.05, 3.63) is 29.3 Å². The van der Waals surface area contributed by atoms with Crippen molar-refractivity contribution in [2.45, 2.75) is 0 Å². The second-order valence-electron chi connectivity index (χ2n) is 2.01. The number of hydrogen-bond donors (Lipinski definition) is 1. The first-order chi connectivity index (χ1) is 5.65. The Morgan fingerprint density at radius 1 is 1.67 bits per heavy atom. The van der Waals surface area contributed by atoms with Gasteiger partial charge in [-0.2, -0.15) is 0 Å². The largest absolute Gasteiger partial charge is 0.478 e. The van der Waals surface area contributed by atoms with Gasteiger partial charge in [-0.1, -0.05) is 0 Å². The molecular formula is C7H4FNO3. The lowest BCUT2D eigenvalue weighted by Gasteiger charge is -1.95. The third-order valence-electron chi connectivity index (χ3n) is 1.23. The molecule has 0 bridgehead atoms. The minimum Gasteiger partial charge on any atom is -0.478 e. The van der Waals surface area contributed by atoms with Crippen molar-refractivity contribution in [3.63, 3.8) is 0 Å². The van der Waals surface area contributed by atoms with Gasteiger partial charge < -0.3 is 5.11 Å². The van der Waals surface area contributed by atoms with Crippen LogP contribution in [0, 0.1) is 5.82 Å². The fraction of sp³-hybridized carbons (Fsp3) is 0. The summed E-state index contributed by atoms with van der Waals surface area (Å²) >= 11 is 0. The topological polar surface area (TPSA) is 67.3 Å². The highest BCUT2D eigenvalue weighted by Crippen LogP contribution is 2.04. The zero-order valence-corrected chi connectivity index (χ0v) is 5.82. The first-order valence-electron chi connectivity index (χ1n) is 2.99. The van der Waals surface area contributed by atoms with Gasteiger partial charge in [0.05, 0.1) is 5.56 Å². The molecule has 1 rings (SSSR count). The van der Waals surface area contributed by atoms with Gasteiger partial charge in [-0.15, -0.1) is 0 Å². The molecule has 0 aliphatic heterocycles. The molecule has 1 aromatic rings. The van der Waals surface area contributed by atoms with Crippen LogP contribution in [0.3, 0.4) is 0 Å². The normalized spacial score (nSPS) is 9.42. The molecule has 1 heterocycles. The van der Waals surface area contributed by atoms with Crippen LogP contribution < -0.4 is 0 Å². The van der Waals surface area contributed by atoms with Crippen LogP contribution in [0.4, 0.5) is 4.39 Å². The van der Waals surface area contributed by atoms with E-state index in [2.05, 4.69) is 4.98 Å². The molecule has 0 aliphatic rings. The van der Waals surface area contributed by atoms with Gasteiger partial charge in [0.25, 0.3) is 0 Å². The molecule has 4 nitrogen and oxygen atoms in total. The van der Waals surface area contributed by atoms with Crippen LogP contribution in [0.1, 0.15) is 20.8 Å². The van der Waals surface area contributed by atoms with Crippen molar-refractivity contribution in [3.8, 4) is 0 Å². The van der Waals surface area contributed by atoms with Crippen molar-refractivity contribution in [1.82, 2.24) is 4.98 Å². The lowest BCUT2D eigenvalue weighted by atomic mass is 10.2. The van der Waals surface area contributed by atoms with Gasteiger partial charge in [0.1, 0.15) is 5.69 Å². The van der Waals surface area contributed by atoms with E-state index in [1.165, 1.54) is 0 Å². The maximum absolute atomic E-state index is 12.7. The van der Waals surface area contributed by atoms with E-state index in [4.69, 9.17) is 5.11 Å². The number of carboxylic acid groups (broad SMARTS) is 1. The first-order valence-corrected chi connectivity index (χ1v) is 2.99. The summed E-state index contributed by atoms with van der Waals surface area (Å²) in [5.74, 6) is -2.20. The van der Waals surface area contributed by atoms with Crippen LogP contribution in [-0.2, 0) is 0 Å². The summed E-state index contributed by atoms with van der Waals surface area (Å²) in [6, 6.07) is 0.749. The Hall–Kier alpha value is -1.78. The van der Waals surface area contributed by atoms with Crippen LogP contribution >= 0.6 is 0 Å². The smallest absolute Gasteiger partial charge is 0.337 e. The van der Waals surface area contributed by atoms with Crippen LogP contribution in [0.5, 0.6) is 0 Å². The predicted molar refractivity (Wildman–Crippen MR) is 36.5 cm³/mol. The van der Waals surface area contributed by atoms with Gasteiger partial charge in [0.2, 0.25) is 0 Å². The second-order valence-corrected chi connectivity index (χ2v) is 2.01. The molecule has 0 amide bonds. The Morgan fingerprint density at radius 3 is 2.75 bits per heavy atom. The van der Waals surface area contributed by atoms with E-state index in [0.717, 1.165) is 12.3 Å². The van der Waals surface area contributed by atoms with E-state index in [1.807, 2.05) is 0 Å². The molecule has 0 aliphatic carbocycles. The summed E-state index contributed by atoms with van der Waals surface area (Å²) in [4.78, 5) is 23.6. The lowest BCUT2D eigenvalue weighted by Crippen LogP contribution is -2.01. The molecule has 1 N–H and O–H groups in total. The summed E-state index contributed by atoms with van der Waals surface area (Å²) < 4.78 is 12.7. The molecule has 0 unspecified atom stereocenters. The molecule has 0 radical (unpaired) electrons. The molecular weight excluding hydrogens is 165 g/mol. The fourth-order valence-corrected chi connectivity index (χ4v) is 0.652. The number of hydrogen-bond acceptors (Lipinski definition) is 3. The zero-order chi connectivity index (χ0) is 9.14. The van der Waals surface area contributed by atoms with E-state index in [1.54, 1.807) is 0 Å². The SMILES string of the molecule is O=Cc1ncc(C(=O)O)cc1F. The number of carboxylic acids is 1. The Bertz CT molecular complexity index is 337. The monoisotopic (exact) mass is 169 g/mol. The van der Waals surface area contributed by atoms with Gasteiger partial charge in [-0.3, -0.25) is 4.79 Å². The highest BCUT2D eigenvalue weighted by molar-refractivity contribution is 5.87. The molecule has 0 atom stereocenters. The van der Waals surface area contributed by atoms with Crippen molar-refractivity contribution >= 4 is 12.3 Å². The third kappa shape index (κ3) is 1.45. The quantitative estimate of drug-likeness (QED) is 0.662. The van der Waals surface area contributed by atoms with Crippen molar-refractivity contribution in [2.24, 2.45) is 0 Å². The number of carbonyl (C=O) groups is 2. The average Bonchev–Trinajstić information content (AvgIpc) is 2.04. The maximum atomic E-state index is 12.7. The number of rotatable bonds is 2. The number of halogens is 1. The Kier molecular flexibility index (Phi) is 2.14. The molecule has 0 aromatic carbocycles. The van der Waals surface area contributed by atoms with Crippen molar-refractivity contribution in [1.29, 1.82) is 0 Å². The van der Waals surface area contributed by atoms with Crippen molar-refractivity contribution in [2.75, 3.05) is 0 Å². The highest BCUT2D eigenvalue weighted by Gasteiger charge is 2.08. The molecule has 0 saturated heterocycles. The molecule has 12 heavy (non-hydrogen) atoms. The number of nitrogens with zero attached hydrogens (tertiary/aromatic N) is 1. The van der Waals surface area contributed by atoms with Gasteiger partial charge in [0.15, 0.2) is 12.1 Å². The Balaban J connectivity index is 3.18. The minimum atomic E-state index is -1.28. The molecule has 0 fully saturated rings. The fourth-order valence-electron chi connectivity index (χ4n) is 0.652. The van der Waals surface area contributed by atoms with E-state index in [0.29, 0.717) is 0 Å². The molecule has 0 saturated carbocycles. The van der Waals surface area contributed by atoms with Crippen LogP contribution in [0.15, 0.2) is 12.3 Å². The van der Waals surface area contributed by atoms with E-state index in [-0.39, 0.29) is 17.5 Å². The standard InChI is InChI=1S/C7H4FNO3/c8-5-1-4(7(11)12)2-9-6(5)3-10/h1-3H,(H,11,12). The van der Waals surface area contributed by atoms with E-state index in [9.17, 15) is 14.0 Å². The van der Waals surface area contributed by atoms with Gasteiger partial charge >= 0.3 is 5.97 Å². The Morgan fingerprint density at radius 2 is 2.33 bits per heavy atom. The summed E-state index contributed by atoms with van der Waals surface area (Å²) in [5, 5.41) is 8.38. The minimum absolute atomic E-state index is 0.223. The van der Waals surface area contributed by atoms with E-state index < -0.39 is 11.8 Å². The number of aldehydes is 1. The van der Waals surface area contributed by atoms with Gasteiger partial charge in [-0.05, 0) is 6.07 Å². The van der Waals surface area contributed by atoms with Gasteiger partial charge in [-0.25, -0.2) is 14.2 Å². The number of carbonyl (C=O) groups excluding carboxylic acids is 1.